The SMILES string of the molecule is C=CC[C@]1(CCCc2ccccc2)C[C@@H](COc2ccc(-c3ccc(C#N)cc3)cc2)N(CCCc2ccccc2)C1=O. The summed E-state index contributed by atoms with van der Waals surface area (Å²) in [4.78, 5) is 16.3. The molecule has 0 aliphatic carbocycles. The number of ether oxygens (including phenoxy) is 1. The molecule has 218 valence electrons. The van der Waals surface area contributed by atoms with E-state index in [1.807, 2.05) is 66.7 Å². The molecule has 4 aromatic carbocycles. The minimum atomic E-state index is -0.434. The number of amides is 1. The lowest BCUT2D eigenvalue weighted by molar-refractivity contribution is -0.137. The van der Waals surface area contributed by atoms with Crippen LogP contribution in [0.1, 0.15) is 48.8 Å². The first-order chi connectivity index (χ1) is 21.1. The van der Waals surface area contributed by atoms with Crippen molar-refractivity contribution < 1.29 is 9.53 Å². The molecular formula is C39H40N2O2. The third-order valence-corrected chi connectivity index (χ3v) is 8.63. The quantitative estimate of drug-likeness (QED) is 0.144. The molecular weight excluding hydrogens is 528 g/mol. The number of hydrogen-bond acceptors (Lipinski definition) is 3. The lowest BCUT2D eigenvalue weighted by atomic mass is 9.77. The summed E-state index contributed by atoms with van der Waals surface area (Å²) in [6, 6.07) is 38.8. The van der Waals surface area contributed by atoms with Crippen LogP contribution in [0.2, 0.25) is 0 Å². The number of carbonyl (C=O) groups is 1. The molecule has 4 nitrogen and oxygen atoms in total. The number of allylic oxidation sites excluding steroid dienone is 1. The topological polar surface area (TPSA) is 53.3 Å². The smallest absolute Gasteiger partial charge is 0.229 e. The Balaban J connectivity index is 1.27. The Morgan fingerprint density at radius 2 is 1.42 bits per heavy atom. The van der Waals surface area contributed by atoms with Gasteiger partial charge in [-0.3, -0.25) is 4.79 Å². The molecule has 4 heteroatoms. The second-order valence-electron chi connectivity index (χ2n) is 11.6. The van der Waals surface area contributed by atoms with Crippen molar-refractivity contribution >= 4 is 5.91 Å². The van der Waals surface area contributed by atoms with Crippen LogP contribution in [-0.4, -0.2) is 30.0 Å². The zero-order valence-corrected chi connectivity index (χ0v) is 24.8. The number of likely N-dealkylation sites (tertiary alicyclic amines) is 1. The van der Waals surface area contributed by atoms with Crippen molar-refractivity contribution in [2.45, 2.75) is 51.0 Å². The van der Waals surface area contributed by atoms with E-state index in [-0.39, 0.29) is 11.9 Å². The lowest BCUT2D eigenvalue weighted by Gasteiger charge is -2.27. The monoisotopic (exact) mass is 568 g/mol. The maximum Gasteiger partial charge on any atom is 0.229 e. The summed E-state index contributed by atoms with van der Waals surface area (Å²) in [5.41, 5.74) is 4.95. The van der Waals surface area contributed by atoms with Gasteiger partial charge in [-0.05, 0) is 91.5 Å². The number of nitriles is 1. The lowest BCUT2D eigenvalue weighted by Crippen LogP contribution is -2.40. The summed E-state index contributed by atoms with van der Waals surface area (Å²) in [5.74, 6) is 1.04. The van der Waals surface area contributed by atoms with Crippen LogP contribution in [0.3, 0.4) is 0 Å². The largest absolute Gasteiger partial charge is 0.491 e. The molecule has 0 N–H and O–H groups in total. The Bertz CT molecular complexity index is 1510. The molecule has 0 unspecified atom stereocenters. The van der Waals surface area contributed by atoms with Gasteiger partial charge in [-0.2, -0.15) is 5.26 Å². The van der Waals surface area contributed by atoms with Gasteiger partial charge in [0.25, 0.3) is 0 Å². The van der Waals surface area contributed by atoms with Crippen molar-refractivity contribution in [3.05, 3.63) is 139 Å². The highest BCUT2D eigenvalue weighted by molar-refractivity contribution is 5.85. The van der Waals surface area contributed by atoms with E-state index >= 15 is 0 Å². The van der Waals surface area contributed by atoms with Crippen LogP contribution in [0.5, 0.6) is 5.75 Å². The van der Waals surface area contributed by atoms with Gasteiger partial charge in [0.15, 0.2) is 0 Å². The van der Waals surface area contributed by atoms with Crippen molar-refractivity contribution in [3.8, 4) is 22.9 Å². The van der Waals surface area contributed by atoms with E-state index in [0.717, 1.165) is 61.9 Å². The van der Waals surface area contributed by atoms with E-state index < -0.39 is 5.41 Å². The molecule has 1 aliphatic rings. The summed E-state index contributed by atoms with van der Waals surface area (Å²) in [7, 11) is 0. The van der Waals surface area contributed by atoms with Crippen LogP contribution >= 0.6 is 0 Å². The van der Waals surface area contributed by atoms with Crippen molar-refractivity contribution in [2.75, 3.05) is 13.2 Å². The summed E-state index contributed by atoms with van der Waals surface area (Å²) >= 11 is 0. The zero-order chi connectivity index (χ0) is 29.9. The molecule has 5 rings (SSSR count). The van der Waals surface area contributed by atoms with Crippen LogP contribution in [0.4, 0.5) is 0 Å². The fourth-order valence-electron chi connectivity index (χ4n) is 6.36. The first kappa shape index (κ1) is 29.9. The average Bonchev–Trinajstić information content (AvgIpc) is 3.31. The molecule has 1 aliphatic heterocycles. The fourth-order valence-corrected chi connectivity index (χ4v) is 6.36. The Morgan fingerprint density at radius 1 is 0.837 bits per heavy atom. The molecule has 0 bridgehead atoms. The third kappa shape index (κ3) is 7.62. The Hall–Kier alpha value is -4.62. The van der Waals surface area contributed by atoms with Crippen molar-refractivity contribution in [1.29, 1.82) is 5.26 Å². The van der Waals surface area contributed by atoms with E-state index in [1.165, 1.54) is 11.1 Å². The highest BCUT2D eigenvalue weighted by Crippen LogP contribution is 2.44. The molecule has 4 aromatic rings. The predicted octanol–water partition coefficient (Wildman–Crippen LogP) is 8.42. The molecule has 1 heterocycles. The van der Waals surface area contributed by atoms with E-state index in [4.69, 9.17) is 10.00 Å². The normalized spacial score (nSPS) is 17.9. The first-order valence-corrected chi connectivity index (χ1v) is 15.3. The fraction of sp³-hybridized carbons (Fsp3) is 0.282. The maximum atomic E-state index is 14.2. The van der Waals surface area contributed by atoms with Gasteiger partial charge in [-0.25, -0.2) is 0 Å². The molecule has 0 saturated carbocycles. The third-order valence-electron chi connectivity index (χ3n) is 8.63. The van der Waals surface area contributed by atoms with Gasteiger partial charge >= 0.3 is 0 Å². The number of hydrogen-bond donors (Lipinski definition) is 0. The molecule has 1 amide bonds. The highest BCUT2D eigenvalue weighted by atomic mass is 16.5. The molecule has 43 heavy (non-hydrogen) atoms. The Morgan fingerprint density at radius 3 is 2.00 bits per heavy atom. The second-order valence-corrected chi connectivity index (χ2v) is 11.6. The highest BCUT2D eigenvalue weighted by Gasteiger charge is 2.50. The molecule has 1 fully saturated rings. The molecule has 1 saturated heterocycles. The van der Waals surface area contributed by atoms with Gasteiger partial charge in [-0.15, -0.1) is 6.58 Å². The van der Waals surface area contributed by atoms with Crippen LogP contribution in [-0.2, 0) is 17.6 Å². The van der Waals surface area contributed by atoms with Gasteiger partial charge in [0, 0.05) is 6.54 Å². The molecule has 2 atom stereocenters. The molecule has 0 radical (unpaired) electrons. The summed E-state index contributed by atoms with van der Waals surface area (Å²) < 4.78 is 6.34. The Labute approximate surface area is 256 Å². The van der Waals surface area contributed by atoms with Crippen LogP contribution < -0.4 is 4.74 Å². The van der Waals surface area contributed by atoms with Crippen LogP contribution in [0.25, 0.3) is 11.1 Å². The van der Waals surface area contributed by atoms with E-state index in [1.54, 1.807) is 0 Å². The van der Waals surface area contributed by atoms with Crippen molar-refractivity contribution in [2.24, 2.45) is 5.41 Å². The minimum absolute atomic E-state index is 0.0122. The summed E-state index contributed by atoms with van der Waals surface area (Å²) in [6.07, 6.45) is 8.02. The number of benzene rings is 4. The maximum absolute atomic E-state index is 14.2. The van der Waals surface area contributed by atoms with Crippen LogP contribution in [0, 0.1) is 16.7 Å². The standard InChI is InChI=1S/C39H40N2O2/c1-2-25-39(26-9-15-31-11-5-3-6-12-31)28-36(41(38(39)42)27-10-16-32-13-7-4-8-14-32)30-43-37-23-21-35(22-24-37)34-19-17-33(29-40)18-20-34/h2-8,11-14,17-24,36H,1,9-10,15-16,25-28,30H2/t36-,39-/m0/s1. The van der Waals surface area contributed by atoms with Gasteiger partial charge in [0.05, 0.1) is 23.1 Å². The van der Waals surface area contributed by atoms with E-state index in [9.17, 15) is 4.79 Å². The van der Waals surface area contributed by atoms with E-state index in [2.05, 4.69) is 66.1 Å². The average molecular weight is 569 g/mol. The van der Waals surface area contributed by atoms with Crippen molar-refractivity contribution in [1.82, 2.24) is 4.90 Å². The minimum Gasteiger partial charge on any atom is -0.491 e. The van der Waals surface area contributed by atoms with Gasteiger partial charge < -0.3 is 9.64 Å². The van der Waals surface area contributed by atoms with E-state index in [0.29, 0.717) is 18.6 Å². The molecule has 0 aromatic heterocycles. The van der Waals surface area contributed by atoms with Crippen LogP contribution in [0.15, 0.2) is 122 Å². The Kier molecular flexibility index (Phi) is 10.1. The van der Waals surface area contributed by atoms with Gasteiger partial charge in [-0.1, -0.05) is 91.0 Å². The second kappa shape index (κ2) is 14.5. The van der Waals surface area contributed by atoms with Crippen molar-refractivity contribution in [3.63, 3.8) is 0 Å². The number of nitrogens with zero attached hydrogens (tertiary/aromatic N) is 2. The number of carbonyl (C=O) groups excluding carboxylic acids is 1. The number of aryl methyl sites for hydroxylation is 2. The number of rotatable bonds is 14. The van der Waals surface area contributed by atoms with Gasteiger partial charge in [0.2, 0.25) is 5.91 Å². The first-order valence-electron chi connectivity index (χ1n) is 15.3. The predicted molar refractivity (Wildman–Crippen MR) is 174 cm³/mol. The zero-order valence-electron chi connectivity index (χ0n) is 24.8. The van der Waals surface area contributed by atoms with Gasteiger partial charge in [0.1, 0.15) is 12.4 Å². The molecule has 0 spiro atoms. The summed E-state index contributed by atoms with van der Waals surface area (Å²) in [6.45, 7) is 5.22. The summed E-state index contributed by atoms with van der Waals surface area (Å²) in [5, 5.41) is 9.08.